The van der Waals surface area contributed by atoms with Crippen molar-refractivity contribution in [3.63, 3.8) is 0 Å². The first-order valence-electron chi connectivity index (χ1n) is 9.73. The minimum absolute atomic E-state index is 0.169. The van der Waals surface area contributed by atoms with Gasteiger partial charge in [0.25, 0.3) is 5.91 Å². The van der Waals surface area contributed by atoms with Crippen molar-refractivity contribution in [1.82, 2.24) is 24.9 Å². The third-order valence-corrected chi connectivity index (χ3v) is 5.04. The van der Waals surface area contributed by atoms with Crippen LogP contribution in [0.2, 0.25) is 0 Å². The van der Waals surface area contributed by atoms with Gasteiger partial charge >= 0.3 is 0 Å². The van der Waals surface area contributed by atoms with Crippen LogP contribution in [-0.4, -0.2) is 38.3 Å². The molecule has 0 aliphatic rings. The summed E-state index contributed by atoms with van der Waals surface area (Å²) >= 11 is 0. The van der Waals surface area contributed by atoms with Crippen LogP contribution in [-0.2, 0) is 0 Å². The number of amides is 1. The minimum Gasteiger partial charge on any atom is -0.383 e. The van der Waals surface area contributed by atoms with E-state index < -0.39 is 0 Å². The largest absolute Gasteiger partial charge is 0.383 e. The van der Waals surface area contributed by atoms with E-state index in [0.717, 1.165) is 16.5 Å². The van der Waals surface area contributed by atoms with Gasteiger partial charge in [-0.15, -0.1) is 6.58 Å². The highest BCUT2D eigenvalue weighted by Gasteiger charge is 2.23. The second-order valence-corrected chi connectivity index (χ2v) is 6.99. The SMILES string of the molecule is C=CCNC(=O)c1c(N)n(/N=C\c2c[nH]c3ccccc23)c2nc3ccccc3nc12. The second kappa shape index (κ2) is 7.42. The molecule has 1 amide bonds. The van der Waals surface area contributed by atoms with Gasteiger partial charge in [0.1, 0.15) is 16.9 Å². The Morgan fingerprint density at radius 3 is 2.71 bits per heavy atom. The summed E-state index contributed by atoms with van der Waals surface area (Å²) < 4.78 is 1.46. The third kappa shape index (κ3) is 3.10. The molecule has 5 rings (SSSR count). The predicted molar refractivity (Wildman–Crippen MR) is 123 cm³/mol. The maximum absolute atomic E-state index is 12.8. The van der Waals surface area contributed by atoms with Crippen molar-refractivity contribution < 1.29 is 4.79 Å². The fourth-order valence-electron chi connectivity index (χ4n) is 3.56. The maximum atomic E-state index is 12.8. The number of fused-ring (bicyclic) bond motifs is 3. The highest BCUT2D eigenvalue weighted by Crippen LogP contribution is 2.28. The van der Waals surface area contributed by atoms with Crippen molar-refractivity contribution in [2.75, 3.05) is 12.3 Å². The minimum atomic E-state index is -0.354. The molecule has 0 aliphatic heterocycles. The van der Waals surface area contributed by atoms with Gasteiger partial charge in [-0.2, -0.15) is 9.78 Å². The molecule has 31 heavy (non-hydrogen) atoms. The lowest BCUT2D eigenvalue weighted by Gasteiger charge is -2.02. The maximum Gasteiger partial charge on any atom is 0.257 e. The van der Waals surface area contributed by atoms with E-state index >= 15 is 0 Å². The number of rotatable bonds is 5. The molecule has 4 N–H and O–H groups in total. The molecule has 2 aromatic carbocycles. The predicted octanol–water partition coefficient (Wildman–Crippen LogP) is 3.45. The number of aromatic nitrogens is 4. The summed E-state index contributed by atoms with van der Waals surface area (Å²) in [6.45, 7) is 3.94. The van der Waals surface area contributed by atoms with Gasteiger partial charge in [0, 0.05) is 29.2 Å². The van der Waals surface area contributed by atoms with Crippen molar-refractivity contribution in [3.05, 3.63) is 78.5 Å². The van der Waals surface area contributed by atoms with Crippen LogP contribution in [0.1, 0.15) is 15.9 Å². The van der Waals surface area contributed by atoms with Gasteiger partial charge in [-0.1, -0.05) is 36.4 Å². The molecule has 0 atom stereocenters. The number of aromatic amines is 1. The van der Waals surface area contributed by atoms with Crippen LogP contribution < -0.4 is 11.1 Å². The number of hydrogen-bond acceptors (Lipinski definition) is 5. The van der Waals surface area contributed by atoms with Crippen molar-refractivity contribution in [2.45, 2.75) is 0 Å². The van der Waals surface area contributed by atoms with E-state index in [0.29, 0.717) is 28.7 Å². The lowest BCUT2D eigenvalue weighted by molar-refractivity contribution is 0.0960. The monoisotopic (exact) mass is 409 g/mol. The molecule has 8 nitrogen and oxygen atoms in total. The number of anilines is 1. The van der Waals surface area contributed by atoms with Gasteiger partial charge in [-0.25, -0.2) is 9.97 Å². The highest BCUT2D eigenvalue weighted by atomic mass is 16.1. The molecule has 0 aliphatic carbocycles. The van der Waals surface area contributed by atoms with Crippen molar-refractivity contribution >= 4 is 51.0 Å². The molecule has 0 saturated heterocycles. The van der Waals surface area contributed by atoms with E-state index in [1.54, 1.807) is 12.3 Å². The zero-order chi connectivity index (χ0) is 21.4. The number of hydrogen-bond donors (Lipinski definition) is 3. The number of H-pyrrole nitrogens is 1. The number of nitrogen functional groups attached to an aromatic ring is 1. The van der Waals surface area contributed by atoms with E-state index in [9.17, 15) is 4.79 Å². The van der Waals surface area contributed by atoms with Gasteiger partial charge in [0.05, 0.1) is 17.2 Å². The summed E-state index contributed by atoms with van der Waals surface area (Å²) in [4.78, 5) is 25.4. The summed E-state index contributed by atoms with van der Waals surface area (Å²) in [5.41, 5.74) is 10.7. The molecule has 0 saturated carbocycles. The molecule has 152 valence electrons. The lowest BCUT2D eigenvalue weighted by Crippen LogP contribution is -2.24. The molecule has 3 heterocycles. The summed E-state index contributed by atoms with van der Waals surface area (Å²) in [5.74, 6) is -0.184. The molecular weight excluding hydrogens is 390 g/mol. The number of nitrogens with zero attached hydrogens (tertiary/aromatic N) is 4. The van der Waals surface area contributed by atoms with Gasteiger partial charge in [-0.05, 0) is 18.2 Å². The van der Waals surface area contributed by atoms with Crippen LogP contribution >= 0.6 is 0 Å². The van der Waals surface area contributed by atoms with Crippen LogP contribution in [0.25, 0.3) is 33.1 Å². The number of nitrogens with two attached hydrogens (primary N) is 1. The van der Waals surface area contributed by atoms with Crippen LogP contribution in [0.4, 0.5) is 5.82 Å². The first-order chi connectivity index (χ1) is 15.2. The Hall–Kier alpha value is -4.46. The first kappa shape index (κ1) is 18.6. The topological polar surface area (TPSA) is 114 Å². The van der Waals surface area contributed by atoms with E-state index in [2.05, 4.69) is 31.9 Å². The molecule has 0 spiro atoms. The van der Waals surface area contributed by atoms with E-state index in [1.165, 1.54) is 4.68 Å². The Morgan fingerprint density at radius 1 is 1.16 bits per heavy atom. The van der Waals surface area contributed by atoms with E-state index in [1.807, 2.05) is 54.7 Å². The molecule has 0 radical (unpaired) electrons. The number of benzene rings is 2. The summed E-state index contributed by atoms with van der Waals surface area (Å²) in [6, 6.07) is 15.4. The second-order valence-electron chi connectivity index (χ2n) is 6.99. The lowest BCUT2D eigenvalue weighted by atomic mass is 10.2. The molecule has 0 bridgehead atoms. The van der Waals surface area contributed by atoms with E-state index in [-0.39, 0.29) is 17.3 Å². The summed E-state index contributed by atoms with van der Waals surface area (Å²) in [6.07, 6.45) is 5.16. The number of nitrogens with one attached hydrogen (secondary N) is 2. The Kier molecular flexibility index (Phi) is 4.44. The average molecular weight is 409 g/mol. The fraction of sp³-hybridized carbons (Fsp3) is 0.0435. The Balaban J connectivity index is 1.71. The fourth-order valence-corrected chi connectivity index (χ4v) is 3.56. The number of carbonyl (C=O) groups excluding carboxylic acids is 1. The molecular formula is C23H19N7O. The van der Waals surface area contributed by atoms with Gasteiger partial charge in [0.15, 0.2) is 5.65 Å². The Morgan fingerprint density at radius 2 is 1.90 bits per heavy atom. The molecule has 8 heteroatoms. The quantitative estimate of drug-likeness (QED) is 0.305. The third-order valence-electron chi connectivity index (χ3n) is 5.04. The van der Waals surface area contributed by atoms with Crippen LogP contribution in [0, 0.1) is 0 Å². The van der Waals surface area contributed by atoms with Crippen molar-refractivity contribution in [3.8, 4) is 0 Å². The van der Waals surface area contributed by atoms with Gasteiger partial charge in [0.2, 0.25) is 0 Å². The Labute approximate surface area is 177 Å². The average Bonchev–Trinajstić information content (AvgIpc) is 3.32. The Bertz CT molecular complexity index is 1490. The van der Waals surface area contributed by atoms with E-state index in [4.69, 9.17) is 5.73 Å². The standard InChI is InChI=1S/C23H19N7O/c1-2-11-25-23(31)19-20-22(29-18-10-6-5-9-17(18)28-20)30(21(19)24)27-13-14-12-26-16-8-4-3-7-15(14)16/h2-10,12-13,26H,1,11,24H2,(H,25,31)/b27-13-. The summed E-state index contributed by atoms with van der Waals surface area (Å²) in [7, 11) is 0. The van der Waals surface area contributed by atoms with Crippen LogP contribution in [0.5, 0.6) is 0 Å². The van der Waals surface area contributed by atoms with Gasteiger partial charge in [-0.3, -0.25) is 4.79 Å². The molecule has 0 unspecified atom stereocenters. The highest BCUT2D eigenvalue weighted by molar-refractivity contribution is 6.11. The number of carbonyl (C=O) groups is 1. The smallest absolute Gasteiger partial charge is 0.257 e. The zero-order valence-electron chi connectivity index (χ0n) is 16.5. The van der Waals surface area contributed by atoms with Crippen LogP contribution in [0.15, 0.2) is 72.5 Å². The normalized spacial score (nSPS) is 11.6. The van der Waals surface area contributed by atoms with Crippen LogP contribution in [0.3, 0.4) is 0 Å². The zero-order valence-corrected chi connectivity index (χ0v) is 16.5. The van der Waals surface area contributed by atoms with Crippen molar-refractivity contribution in [1.29, 1.82) is 0 Å². The summed E-state index contributed by atoms with van der Waals surface area (Å²) in [5, 5.41) is 8.35. The molecule has 3 aromatic heterocycles. The number of para-hydroxylation sites is 3. The first-order valence-corrected chi connectivity index (χ1v) is 9.73. The molecule has 5 aromatic rings. The van der Waals surface area contributed by atoms with Crippen molar-refractivity contribution in [2.24, 2.45) is 5.10 Å². The molecule has 0 fully saturated rings. The van der Waals surface area contributed by atoms with Gasteiger partial charge < -0.3 is 16.0 Å².